The highest BCUT2D eigenvalue weighted by molar-refractivity contribution is 5.62. The zero-order valence-corrected chi connectivity index (χ0v) is 10.7. The Morgan fingerprint density at radius 2 is 1.75 bits per heavy atom. The molecule has 0 aliphatic heterocycles. The van der Waals surface area contributed by atoms with Gasteiger partial charge in [0.15, 0.2) is 5.92 Å². The molecular formula is C15H13N5. The largest absolute Gasteiger partial charge is 0.382 e. The molecule has 1 aromatic heterocycles. The molecule has 0 aliphatic rings. The van der Waals surface area contributed by atoms with Crippen molar-refractivity contribution in [2.75, 3.05) is 11.1 Å². The summed E-state index contributed by atoms with van der Waals surface area (Å²) >= 11 is 0. The van der Waals surface area contributed by atoms with Gasteiger partial charge in [-0.1, -0.05) is 30.3 Å². The van der Waals surface area contributed by atoms with Crippen LogP contribution in [0.5, 0.6) is 0 Å². The Kier molecular flexibility index (Phi) is 4.16. The second-order valence-corrected chi connectivity index (χ2v) is 4.20. The maximum atomic E-state index is 9.15. The van der Waals surface area contributed by atoms with Crippen LogP contribution in [0.3, 0.4) is 0 Å². The van der Waals surface area contributed by atoms with Crippen LogP contribution in [0.25, 0.3) is 0 Å². The number of nitrogens with two attached hydrogens (primary N) is 1. The Morgan fingerprint density at radius 1 is 1.05 bits per heavy atom. The van der Waals surface area contributed by atoms with Gasteiger partial charge in [0.1, 0.15) is 5.82 Å². The molecule has 0 saturated heterocycles. The molecule has 1 unspecified atom stereocenters. The Balaban J connectivity index is 2.37. The molecule has 20 heavy (non-hydrogen) atoms. The van der Waals surface area contributed by atoms with Crippen molar-refractivity contribution in [3.8, 4) is 12.1 Å². The predicted molar refractivity (Wildman–Crippen MR) is 76.2 cm³/mol. The van der Waals surface area contributed by atoms with Crippen LogP contribution in [0.1, 0.15) is 11.6 Å². The second-order valence-electron chi connectivity index (χ2n) is 4.20. The van der Waals surface area contributed by atoms with E-state index in [1.165, 1.54) is 0 Å². The number of nitrogen functional groups attached to an aromatic ring is 1. The van der Waals surface area contributed by atoms with Crippen molar-refractivity contribution in [2.45, 2.75) is 6.04 Å². The fourth-order valence-electron chi connectivity index (χ4n) is 1.90. The summed E-state index contributed by atoms with van der Waals surface area (Å²) in [6.07, 6.45) is 1.59. The predicted octanol–water partition coefficient (Wildman–Crippen LogP) is 2.48. The molecule has 0 amide bonds. The number of nitrogens with one attached hydrogen (secondary N) is 1. The molecule has 3 N–H and O–H groups in total. The fourth-order valence-corrected chi connectivity index (χ4v) is 1.90. The first-order chi connectivity index (χ1) is 9.76. The summed E-state index contributed by atoms with van der Waals surface area (Å²) in [7, 11) is 0. The highest BCUT2D eigenvalue weighted by Crippen LogP contribution is 2.28. The van der Waals surface area contributed by atoms with E-state index in [2.05, 4.69) is 10.3 Å². The molecule has 2 rings (SSSR count). The van der Waals surface area contributed by atoms with Crippen LogP contribution in [0.15, 0.2) is 48.7 Å². The highest BCUT2D eigenvalue weighted by atomic mass is 15.0. The van der Waals surface area contributed by atoms with E-state index >= 15 is 0 Å². The van der Waals surface area contributed by atoms with E-state index in [1.807, 2.05) is 42.5 Å². The molecule has 5 heteroatoms. The van der Waals surface area contributed by atoms with E-state index in [1.54, 1.807) is 18.3 Å². The monoisotopic (exact) mass is 263 g/mol. The summed E-state index contributed by atoms with van der Waals surface area (Å²) in [4.78, 5) is 3.99. The van der Waals surface area contributed by atoms with Crippen molar-refractivity contribution in [1.82, 2.24) is 4.98 Å². The number of pyridine rings is 1. The Morgan fingerprint density at radius 3 is 2.35 bits per heavy atom. The molecule has 0 aliphatic carbocycles. The number of anilines is 2. The van der Waals surface area contributed by atoms with Gasteiger partial charge >= 0.3 is 0 Å². The number of benzene rings is 1. The van der Waals surface area contributed by atoms with Crippen LogP contribution in [0, 0.1) is 28.6 Å². The molecule has 0 saturated carbocycles. The lowest BCUT2D eigenvalue weighted by Crippen LogP contribution is -2.19. The van der Waals surface area contributed by atoms with Crippen molar-refractivity contribution >= 4 is 11.5 Å². The molecule has 98 valence electrons. The lowest BCUT2D eigenvalue weighted by molar-refractivity contribution is 0.684. The fraction of sp³-hybridized carbons (Fsp3) is 0.133. The average Bonchev–Trinajstić information content (AvgIpc) is 2.50. The first-order valence-electron chi connectivity index (χ1n) is 6.07. The highest BCUT2D eigenvalue weighted by Gasteiger charge is 2.23. The summed E-state index contributed by atoms with van der Waals surface area (Å²) in [5, 5.41) is 21.4. The third-order valence-corrected chi connectivity index (χ3v) is 2.92. The molecule has 1 heterocycles. The molecule has 0 fully saturated rings. The summed E-state index contributed by atoms with van der Waals surface area (Å²) in [6, 6.07) is 16.4. The zero-order chi connectivity index (χ0) is 14.4. The van der Waals surface area contributed by atoms with Crippen LogP contribution in [0.4, 0.5) is 11.5 Å². The van der Waals surface area contributed by atoms with Gasteiger partial charge in [-0.25, -0.2) is 4.98 Å². The van der Waals surface area contributed by atoms with E-state index in [9.17, 15) is 0 Å². The van der Waals surface area contributed by atoms with E-state index < -0.39 is 12.0 Å². The van der Waals surface area contributed by atoms with E-state index in [4.69, 9.17) is 16.3 Å². The summed E-state index contributed by atoms with van der Waals surface area (Å²) in [5.74, 6) is -0.486. The van der Waals surface area contributed by atoms with Gasteiger partial charge in [-0.15, -0.1) is 0 Å². The third-order valence-electron chi connectivity index (χ3n) is 2.92. The number of hydrogen-bond acceptors (Lipinski definition) is 5. The van der Waals surface area contributed by atoms with Gasteiger partial charge in [0, 0.05) is 6.20 Å². The minimum atomic E-state index is -0.822. The van der Waals surface area contributed by atoms with Gasteiger partial charge in [0.05, 0.1) is 23.9 Å². The van der Waals surface area contributed by atoms with Gasteiger partial charge < -0.3 is 11.1 Å². The molecule has 1 aromatic carbocycles. The molecule has 1 atom stereocenters. The van der Waals surface area contributed by atoms with Gasteiger partial charge in [0.2, 0.25) is 0 Å². The normalized spacial score (nSPS) is 11.3. The van der Waals surface area contributed by atoms with Crippen LogP contribution >= 0.6 is 0 Å². The Labute approximate surface area is 117 Å². The number of nitrogens with zero attached hydrogens (tertiary/aromatic N) is 3. The van der Waals surface area contributed by atoms with E-state index in [0.717, 1.165) is 5.56 Å². The van der Waals surface area contributed by atoms with Crippen LogP contribution in [-0.4, -0.2) is 4.98 Å². The SMILES string of the molecule is N#CC(C#N)C(Nc1cccnc1N)c1ccccc1. The van der Waals surface area contributed by atoms with Gasteiger partial charge in [-0.2, -0.15) is 10.5 Å². The molecule has 5 nitrogen and oxygen atoms in total. The summed E-state index contributed by atoms with van der Waals surface area (Å²) in [6.45, 7) is 0. The van der Waals surface area contributed by atoms with Crippen molar-refractivity contribution in [3.63, 3.8) is 0 Å². The van der Waals surface area contributed by atoms with Crippen molar-refractivity contribution in [3.05, 3.63) is 54.2 Å². The summed E-state index contributed by atoms with van der Waals surface area (Å²) < 4.78 is 0. The van der Waals surface area contributed by atoms with Crippen molar-refractivity contribution in [1.29, 1.82) is 10.5 Å². The molecule has 0 radical (unpaired) electrons. The molecule has 2 aromatic rings. The Hall–Kier alpha value is -3.05. The Bertz CT molecular complexity index is 640. The van der Waals surface area contributed by atoms with Crippen LogP contribution in [-0.2, 0) is 0 Å². The zero-order valence-electron chi connectivity index (χ0n) is 10.7. The number of rotatable bonds is 4. The minimum absolute atomic E-state index is 0.336. The molecule has 0 bridgehead atoms. The number of nitriles is 2. The number of hydrogen-bond donors (Lipinski definition) is 2. The number of aromatic nitrogens is 1. The van der Waals surface area contributed by atoms with Gasteiger partial charge in [0.25, 0.3) is 0 Å². The maximum absolute atomic E-state index is 9.15. The van der Waals surface area contributed by atoms with E-state index in [0.29, 0.717) is 11.5 Å². The molecular weight excluding hydrogens is 250 g/mol. The third kappa shape index (κ3) is 2.85. The first kappa shape index (κ1) is 13.4. The first-order valence-corrected chi connectivity index (χ1v) is 6.07. The topological polar surface area (TPSA) is 98.5 Å². The van der Waals surface area contributed by atoms with Crippen LogP contribution < -0.4 is 11.1 Å². The maximum Gasteiger partial charge on any atom is 0.157 e. The average molecular weight is 263 g/mol. The minimum Gasteiger partial charge on any atom is -0.382 e. The van der Waals surface area contributed by atoms with Crippen LogP contribution in [0.2, 0.25) is 0 Å². The lowest BCUT2D eigenvalue weighted by Gasteiger charge is -2.21. The van der Waals surface area contributed by atoms with E-state index in [-0.39, 0.29) is 0 Å². The van der Waals surface area contributed by atoms with Crippen molar-refractivity contribution < 1.29 is 0 Å². The van der Waals surface area contributed by atoms with Crippen molar-refractivity contribution in [2.24, 2.45) is 5.92 Å². The second kappa shape index (κ2) is 6.21. The summed E-state index contributed by atoms with van der Waals surface area (Å²) in [5.41, 5.74) is 7.25. The lowest BCUT2D eigenvalue weighted by atomic mass is 9.95. The van der Waals surface area contributed by atoms with Gasteiger partial charge in [-0.3, -0.25) is 0 Å². The molecule has 0 spiro atoms. The smallest absolute Gasteiger partial charge is 0.157 e. The quantitative estimate of drug-likeness (QED) is 0.882. The standard InChI is InChI=1S/C15H13N5/c16-9-12(10-17)14(11-5-2-1-3-6-11)20-13-7-4-8-19-15(13)18/h1-8,12,14,20H,(H2,18,19). The van der Waals surface area contributed by atoms with Gasteiger partial charge in [-0.05, 0) is 17.7 Å².